The summed E-state index contributed by atoms with van der Waals surface area (Å²) < 4.78 is 0. The lowest BCUT2D eigenvalue weighted by atomic mass is 10.2. The van der Waals surface area contributed by atoms with Crippen LogP contribution in [-0.4, -0.2) is 15.2 Å². The van der Waals surface area contributed by atoms with E-state index in [2.05, 4.69) is 31.9 Å². The summed E-state index contributed by atoms with van der Waals surface area (Å²) in [5.74, 6) is 1.03. The second-order valence-corrected chi connectivity index (χ2v) is 4.82. The number of rotatable bonds is 5. The fourth-order valence-electron chi connectivity index (χ4n) is 1.99. The van der Waals surface area contributed by atoms with Gasteiger partial charge in [0.05, 0.1) is 17.8 Å². The molecule has 0 aliphatic carbocycles. The number of nitrogens with zero attached hydrogens (tertiary/aromatic N) is 4. The van der Waals surface area contributed by atoms with Crippen LogP contribution in [0.2, 0.25) is 0 Å². The van der Waals surface area contributed by atoms with Crippen molar-refractivity contribution in [2.45, 2.75) is 6.54 Å². The summed E-state index contributed by atoms with van der Waals surface area (Å²) in [6.45, 7) is 0.628. The maximum absolute atomic E-state index is 8.80. The van der Waals surface area contributed by atoms with E-state index in [1.54, 1.807) is 18.3 Å². The Balaban J connectivity index is 1.66. The van der Waals surface area contributed by atoms with E-state index < -0.39 is 0 Å². The van der Waals surface area contributed by atoms with Crippen molar-refractivity contribution < 1.29 is 0 Å². The van der Waals surface area contributed by atoms with Gasteiger partial charge in [0.2, 0.25) is 5.95 Å². The molecule has 0 amide bonds. The van der Waals surface area contributed by atoms with Crippen LogP contribution in [0.25, 0.3) is 0 Å². The van der Waals surface area contributed by atoms with E-state index in [0.29, 0.717) is 23.9 Å². The Morgan fingerprint density at radius 3 is 2.52 bits per heavy atom. The molecule has 23 heavy (non-hydrogen) atoms. The van der Waals surface area contributed by atoms with E-state index >= 15 is 0 Å². The van der Waals surface area contributed by atoms with Gasteiger partial charge in [0.15, 0.2) is 5.82 Å². The standard InChI is InChI=1S/C17H14N6/c18-10-13-6-8-15(9-7-13)21-16-12-20-23-17(22-16)19-11-14-4-2-1-3-5-14/h1-9,12H,11H2,(H2,19,21,22,23). The Hall–Kier alpha value is -3.46. The van der Waals surface area contributed by atoms with Crippen molar-refractivity contribution >= 4 is 17.5 Å². The monoisotopic (exact) mass is 302 g/mol. The molecule has 0 aliphatic rings. The maximum atomic E-state index is 8.80. The molecule has 0 saturated carbocycles. The first-order chi connectivity index (χ1) is 11.3. The number of benzene rings is 2. The molecule has 1 aromatic heterocycles. The van der Waals surface area contributed by atoms with E-state index in [1.165, 1.54) is 0 Å². The van der Waals surface area contributed by atoms with Crippen LogP contribution in [0.5, 0.6) is 0 Å². The quantitative estimate of drug-likeness (QED) is 0.753. The smallest absolute Gasteiger partial charge is 0.244 e. The van der Waals surface area contributed by atoms with Gasteiger partial charge >= 0.3 is 0 Å². The molecule has 0 aliphatic heterocycles. The van der Waals surface area contributed by atoms with E-state index in [0.717, 1.165) is 11.3 Å². The zero-order valence-corrected chi connectivity index (χ0v) is 12.3. The molecule has 2 N–H and O–H groups in total. The highest BCUT2D eigenvalue weighted by Crippen LogP contribution is 2.15. The Morgan fingerprint density at radius 1 is 1.00 bits per heavy atom. The number of anilines is 3. The van der Waals surface area contributed by atoms with Crippen molar-refractivity contribution in [1.82, 2.24) is 15.2 Å². The van der Waals surface area contributed by atoms with Crippen molar-refractivity contribution in [3.8, 4) is 6.07 Å². The predicted molar refractivity (Wildman–Crippen MR) is 88.0 cm³/mol. The minimum Gasteiger partial charge on any atom is -0.349 e. The summed E-state index contributed by atoms with van der Waals surface area (Å²) in [7, 11) is 0. The van der Waals surface area contributed by atoms with Crippen LogP contribution < -0.4 is 10.6 Å². The van der Waals surface area contributed by atoms with Crippen LogP contribution in [0, 0.1) is 11.3 Å². The molecule has 3 rings (SSSR count). The highest BCUT2D eigenvalue weighted by molar-refractivity contribution is 5.57. The van der Waals surface area contributed by atoms with Gasteiger partial charge in [-0.05, 0) is 29.8 Å². The Kier molecular flexibility index (Phi) is 4.41. The molecule has 6 heteroatoms. The van der Waals surface area contributed by atoms with Gasteiger partial charge in [-0.1, -0.05) is 30.3 Å². The third kappa shape index (κ3) is 4.02. The maximum Gasteiger partial charge on any atom is 0.244 e. The lowest BCUT2D eigenvalue weighted by Crippen LogP contribution is -2.06. The van der Waals surface area contributed by atoms with E-state index in [-0.39, 0.29) is 0 Å². The van der Waals surface area contributed by atoms with Crippen LogP contribution >= 0.6 is 0 Å². The minimum atomic E-state index is 0.451. The molecule has 2 aromatic carbocycles. The Morgan fingerprint density at radius 2 is 1.78 bits per heavy atom. The SMILES string of the molecule is N#Cc1ccc(Nc2cnnc(NCc3ccccc3)n2)cc1. The van der Waals surface area contributed by atoms with Gasteiger partial charge in [0.1, 0.15) is 0 Å². The van der Waals surface area contributed by atoms with Crippen LogP contribution in [0.4, 0.5) is 17.5 Å². The van der Waals surface area contributed by atoms with Gasteiger partial charge in [-0.25, -0.2) is 0 Å². The Bertz CT molecular complexity index is 808. The van der Waals surface area contributed by atoms with Gasteiger partial charge in [-0.2, -0.15) is 15.3 Å². The van der Waals surface area contributed by atoms with Crippen LogP contribution in [0.15, 0.2) is 60.8 Å². The average molecular weight is 302 g/mol. The summed E-state index contributed by atoms with van der Waals surface area (Å²) in [6, 6.07) is 19.2. The topological polar surface area (TPSA) is 86.5 Å². The fraction of sp³-hybridized carbons (Fsp3) is 0.0588. The highest BCUT2D eigenvalue weighted by Gasteiger charge is 2.01. The number of aromatic nitrogens is 3. The third-order valence-electron chi connectivity index (χ3n) is 3.14. The molecule has 3 aromatic rings. The van der Waals surface area contributed by atoms with Crippen molar-refractivity contribution in [3.05, 3.63) is 71.9 Å². The molecule has 0 atom stereocenters. The molecular formula is C17H14N6. The molecule has 0 fully saturated rings. The van der Waals surface area contributed by atoms with Crippen LogP contribution in [0.1, 0.15) is 11.1 Å². The molecule has 0 saturated heterocycles. The summed E-state index contributed by atoms with van der Waals surface area (Å²) >= 11 is 0. The van der Waals surface area contributed by atoms with Crippen molar-refractivity contribution in [2.75, 3.05) is 10.6 Å². The number of nitriles is 1. The summed E-state index contributed by atoms with van der Waals surface area (Å²) in [4.78, 5) is 4.36. The van der Waals surface area contributed by atoms with Gasteiger partial charge in [-0.3, -0.25) is 0 Å². The van der Waals surface area contributed by atoms with Crippen molar-refractivity contribution in [3.63, 3.8) is 0 Å². The Labute approximate surface area is 133 Å². The molecule has 0 radical (unpaired) electrons. The van der Waals surface area contributed by atoms with Crippen molar-refractivity contribution in [2.24, 2.45) is 0 Å². The minimum absolute atomic E-state index is 0.451. The van der Waals surface area contributed by atoms with Gasteiger partial charge in [0, 0.05) is 12.2 Å². The fourth-order valence-corrected chi connectivity index (χ4v) is 1.99. The summed E-state index contributed by atoms with van der Waals surface area (Å²) in [6.07, 6.45) is 1.55. The lowest BCUT2D eigenvalue weighted by Gasteiger charge is -2.07. The van der Waals surface area contributed by atoms with E-state index in [9.17, 15) is 0 Å². The van der Waals surface area contributed by atoms with Crippen molar-refractivity contribution in [1.29, 1.82) is 5.26 Å². The lowest BCUT2D eigenvalue weighted by molar-refractivity contribution is 0.949. The first-order valence-corrected chi connectivity index (χ1v) is 7.08. The molecule has 112 valence electrons. The molecule has 6 nitrogen and oxygen atoms in total. The summed E-state index contributed by atoms with van der Waals surface area (Å²) in [5.41, 5.74) is 2.58. The van der Waals surface area contributed by atoms with Gasteiger partial charge in [-0.15, -0.1) is 5.10 Å². The first-order valence-electron chi connectivity index (χ1n) is 7.08. The molecule has 0 unspecified atom stereocenters. The normalized spacial score (nSPS) is 9.87. The van der Waals surface area contributed by atoms with E-state index in [1.807, 2.05) is 42.5 Å². The third-order valence-corrected chi connectivity index (χ3v) is 3.14. The van der Waals surface area contributed by atoms with Gasteiger partial charge in [0.25, 0.3) is 0 Å². The number of hydrogen-bond acceptors (Lipinski definition) is 6. The van der Waals surface area contributed by atoms with E-state index in [4.69, 9.17) is 5.26 Å². The first kappa shape index (κ1) is 14.5. The number of hydrogen-bond donors (Lipinski definition) is 2. The van der Waals surface area contributed by atoms with Crippen LogP contribution in [-0.2, 0) is 6.54 Å². The zero-order valence-electron chi connectivity index (χ0n) is 12.3. The molecular weight excluding hydrogens is 288 g/mol. The zero-order chi connectivity index (χ0) is 15.9. The average Bonchev–Trinajstić information content (AvgIpc) is 2.62. The predicted octanol–water partition coefficient (Wildman–Crippen LogP) is 3.10. The second-order valence-electron chi connectivity index (χ2n) is 4.82. The number of nitrogens with one attached hydrogen (secondary N) is 2. The van der Waals surface area contributed by atoms with Crippen LogP contribution in [0.3, 0.4) is 0 Å². The largest absolute Gasteiger partial charge is 0.349 e. The molecule has 0 spiro atoms. The molecule has 0 bridgehead atoms. The second kappa shape index (κ2) is 7.00. The summed E-state index contributed by atoms with van der Waals surface area (Å²) in [5, 5.41) is 23.0. The molecule has 1 heterocycles. The van der Waals surface area contributed by atoms with Gasteiger partial charge < -0.3 is 10.6 Å². The highest BCUT2D eigenvalue weighted by atomic mass is 15.3.